The van der Waals surface area contributed by atoms with E-state index in [2.05, 4.69) is 5.10 Å². The Morgan fingerprint density at radius 3 is 2.28 bits per heavy atom. The summed E-state index contributed by atoms with van der Waals surface area (Å²) in [6.07, 6.45) is -3.29. The van der Waals surface area contributed by atoms with Crippen molar-refractivity contribution in [2.45, 2.75) is 19.2 Å². The molecule has 0 aliphatic heterocycles. The average Bonchev–Trinajstić information content (AvgIpc) is 2.78. The first-order valence-corrected chi connectivity index (χ1v) is 5.28. The van der Waals surface area contributed by atoms with Gasteiger partial charge in [0, 0.05) is 6.20 Å². The molecule has 96 valence electrons. The molecule has 0 aliphatic rings. The summed E-state index contributed by atoms with van der Waals surface area (Å²) < 4.78 is 38.3. The van der Waals surface area contributed by atoms with Gasteiger partial charge in [-0.1, -0.05) is 12.1 Å². The lowest BCUT2D eigenvalue weighted by atomic mass is 10.1. The molecule has 0 radical (unpaired) electrons. The lowest BCUT2D eigenvalue weighted by molar-refractivity contribution is -0.137. The Hall–Kier alpha value is -1.82. The van der Waals surface area contributed by atoms with Crippen LogP contribution >= 0.6 is 0 Å². The molecule has 1 heterocycles. The number of alkyl halides is 3. The predicted molar refractivity (Wildman–Crippen MR) is 59.2 cm³/mol. The van der Waals surface area contributed by atoms with Crippen molar-refractivity contribution in [3.63, 3.8) is 0 Å². The highest BCUT2D eigenvalue weighted by atomic mass is 19.4. The minimum atomic E-state index is -4.39. The standard InChI is InChI=1S/C12H11F3N2O/c1-8(18)9-2-4-11(5-3-9)17-7-10(6-16-17)12(13,14)15/h2-8,18H,1H3/t8-/m1/s1. The second-order valence-electron chi connectivity index (χ2n) is 3.94. The fraction of sp³-hybridized carbons (Fsp3) is 0.250. The molecule has 0 bridgehead atoms. The van der Waals surface area contributed by atoms with E-state index in [0.717, 1.165) is 17.1 Å². The fourth-order valence-corrected chi connectivity index (χ4v) is 1.52. The van der Waals surface area contributed by atoms with E-state index in [-0.39, 0.29) is 0 Å². The van der Waals surface area contributed by atoms with Gasteiger partial charge in [-0.15, -0.1) is 0 Å². The summed E-state index contributed by atoms with van der Waals surface area (Å²) in [4.78, 5) is 0. The summed E-state index contributed by atoms with van der Waals surface area (Å²) in [6, 6.07) is 6.51. The lowest BCUT2D eigenvalue weighted by Gasteiger charge is -2.06. The molecule has 0 spiro atoms. The van der Waals surface area contributed by atoms with Gasteiger partial charge in [-0.3, -0.25) is 0 Å². The summed E-state index contributed by atoms with van der Waals surface area (Å²) in [5.74, 6) is 0. The molecule has 2 rings (SSSR count). The van der Waals surface area contributed by atoms with Crippen molar-refractivity contribution >= 4 is 0 Å². The van der Waals surface area contributed by atoms with Gasteiger partial charge in [0.15, 0.2) is 0 Å². The molecule has 0 unspecified atom stereocenters. The van der Waals surface area contributed by atoms with Gasteiger partial charge in [0.2, 0.25) is 0 Å². The van der Waals surface area contributed by atoms with Crippen LogP contribution in [0, 0.1) is 0 Å². The maximum Gasteiger partial charge on any atom is 0.419 e. The van der Waals surface area contributed by atoms with Crippen LogP contribution in [0.1, 0.15) is 24.2 Å². The van der Waals surface area contributed by atoms with E-state index in [1.165, 1.54) is 0 Å². The number of benzene rings is 1. The minimum Gasteiger partial charge on any atom is -0.389 e. The SMILES string of the molecule is C[C@@H](O)c1ccc(-n2cc(C(F)(F)F)cn2)cc1. The van der Waals surface area contributed by atoms with Gasteiger partial charge < -0.3 is 5.11 Å². The molecule has 0 saturated carbocycles. The maximum absolute atomic E-state index is 12.4. The first-order chi connectivity index (χ1) is 8.38. The second kappa shape index (κ2) is 4.45. The number of hydrogen-bond donors (Lipinski definition) is 1. The summed E-state index contributed by atoms with van der Waals surface area (Å²) in [5, 5.41) is 13.0. The molecule has 6 heteroatoms. The predicted octanol–water partition coefficient (Wildman–Crippen LogP) is 2.94. The summed E-state index contributed by atoms with van der Waals surface area (Å²) in [6.45, 7) is 1.62. The largest absolute Gasteiger partial charge is 0.419 e. The third-order valence-electron chi connectivity index (χ3n) is 2.55. The molecule has 0 fully saturated rings. The molecule has 0 saturated heterocycles. The number of aromatic nitrogens is 2. The van der Waals surface area contributed by atoms with Crippen LogP contribution in [0.2, 0.25) is 0 Å². The van der Waals surface area contributed by atoms with Crippen molar-refractivity contribution in [1.29, 1.82) is 0 Å². The minimum absolute atomic E-state index is 0.509. The zero-order valence-electron chi connectivity index (χ0n) is 9.52. The van der Waals surface area contributed by atoms with Crippen molar-refractivity contribution in [1.82, 2.24) is 9.78 Å². The highest BCUT2D eigenvalue weighted by Gasteiger charge is 2.32. The van der Waals surface area contributed by atoms with Crippen LogP contribution in [-0.2, 0) is 6.18 Å². The third-order valence-corrected chi connectivity index (χ3v) is 2.55. The van der Waals surface area contributed by atoms with Gasteiger partial charge in [0.25, 0.3) is 0 Å². The molecule has 3 nitrogen and oxygen atoms in total. The van der Waals surface area contributed by atoms with E-state index in [1.807, 2.05) is 0 Å². The number of aliphatic hydroxyl groups is 1. The molecule has 2 aromatic rings. The number of hydrogen-bond acceptors (Lipinski definition) is 2. The van der Waals surface area contributed by atoms with E-state index in [1.54, 1.807) is 31.2 Å². The van der Waals surface area contributed by atoms with Crippen molar-refractivity contribution in [2.24, 2.45) is 0 Å². The molecule has 1 aromatic heterocycles. The Morgan fingerprint density at radius 2 is 1.83 bits per heavy atom. The van der Waals surface area contributed by atoms with Gasteiger partial charge in [0.05, 0.1) is 23.6 Å². The zero-order valence-corrected chi connectivity index (χ0v) is 9.52. The number of rotatable bonds is 2. The van der Waals surface area contributed by atoms with Crippen molar-refractivity contribution < 1.29 is 18.3 Å². The van der Waals surface area contributed by atoms with Crippen LogP contribution in [-0.4, -0.2) is 14.9 Å². The lowest BCUT2D eigenvalue weighted by Crippen LogP contribution is -2.03. The molecule has 1 N–H and O–H groups in total. The number of aliphatic hydroxyl groups excluding tert-OH is 1. The molecule has 0 aliphatic carbocycles. The van der Waals surface area contributed by atoms with E-state index in [9.17, 15) is 18.3 Å². The number of nitrogens with zero attached hydrogens (tertiary/aromatic N) is 2. The van der Waals surface area contributed by atoms with Crippen LogP contribution in [0.25, 0.3) is 5.69 Å². The molecule has 1 atom stereocenters. The molecule has 18 heavy (non-hydrogen) atoms. The highest BCUT2D eigenvalue weighted by molar-refractivity contribution is 5.35. The summed E-state index contributed by atoms with van der Waals surface area (Å²) >= 11 is 0. The van der Waals surface area contributed by atoms with Crippen LogP contribution in [0.4, 0.5) is 13.2 Å². The quantitative estimate of drug-likeness (QED) is 0.897. The fourth-order valence-electron chi connectivity index (χ4n) is 1.52. The van der Waals surface area contributed by atoms with E-state index in [0.29, 0.717) is 11.3 Å². The Kier molecular flexibility index (Phi) is 3.13. The van der Waals surface area contributed by atoms with Gasteiger partial charge >= 0.3 is 6.18 Å². The zero-order chi connectivity index (χ0) is 13.3. The Balaban J connectivity index is 2.29. The van der Waals surface area contributed by atoms with E-state index < -0.39 is 17.8 Å². The first-order valence-electron chi connectivity index (χ1n) is 5.28. The second-order valence-corrected chi connectivity index (χ2v) is 3.94. The molecular formula is C12H11F3N2O. The van der Waals surface area contributed by atoms with Gasteiger partial charge in [-0.25, -0.2) is 4.68 Å². The topological polar surface area (TPSA) is 38.0 Å². The average molecular weight is 256 g/mol. The summed E-state index contributed by atoms with van der Waals surface area (Å²) in [5.41, 5.74) is 0.416. The van der Waals surface area contributed by atoms with Crippen molar-refractivity contribution in [2.75, 3.05) is 0 Å². The van der Waals surface area contributed by atoms with Crippen molar-refractivity contribution in [3.8, 4) is 5.69 Å². The van der Waals surface area contributed by atoms with Crippen molar-refractivity contribution in [3.05, 3.63) is 47.8 Å². The van der Waals surface area contributed by atoms with Crippen LogP contribution in [0.5, 0.6) is 0 Å². The normalized spacial score (nSPS) is 13.6. The molecule has 0 amide bonds. The van der Waals surface area contributed by atoms with E-state index in [4.69, 9.17) is 0 Å². The highest BCUT2D eigenvalue weighted by Crippen LogP contribution is 2.29. The Labute approximate surface area is 101 Å². The smallest absolute Gasteiger partial charge is 0.389 e. The summed E-state index contributed by atoms with van der Waals surface area (Å²) in [7, 11) is 0. The first kappa shape index (κ1) is 12.6. The maximum atomic E-state index is 12.4. The van der Waals surface area contributed by atoms with Crippen LogP contribution in [0.3, 0.4) is 0 Å². The Bertz CT molecular complexity index is 529. The third kappa shape index (κ3) is 2.53. The Morgan fingerprint density at radius 1 is 1.22 bits per heavy atom. The van der Waals surface area contributed by atoms with Gasteiger partial charge in [-0.05, 0) is 24.6 Å². The number of halogens is 3. The van der Waals surface area contributed by atoms with Crippen LogP contribution in [0.15, 0.2) is 36.7 Å². The molecule has 1 aromatic carbocycles. The van der Waals surface area contributed by atoms with Gasteiger partial charge in [-0.2, -0.15) is 18.3 Å². The molecular weight excluding hydrogens is 245 g/mol. The van der Waals surface area contributed by atoms with Crippen LogP contribution < -0.4 is 0 Å². The monoisotopic (exact) mass is 256 g/mol. The van der Waals surface area contributed by atoms with Gasteiger partial charge in [0.1, 0.15) is 0 Å². The van der Waals surface area contributed by atoms with E-state index >= 15 is 0 Å².